The van der Waals surface area contributed by atoms with Crippen LogP contribution in [0.5, 0.6) is 0 Å². The fraction of sp³-hybridized carbons (Fsp3) is 0.500. The van der Waals surface area contributed by atoms with E-state index >= 15 is 0 Å². The van der Waals surface area contributed by atoms with Crippen molar-refractivity contribution in [1.29, 1.82) is 0 Å². The molecule has 1 amide bonds. The van der Waals surface area contributed by atoms with Gasteiger partial charge in [0, 0.05) is 31.7 Å². The summed E-state index contributed by atoms with van der Waals surface area (Å²) in [6.45, 7) is 5.71. The summed E-state index contributed by atoms with van der Waals surface area (Å²) in [5.41, 5.74) is 3.29. The highest BCUT2D eigenvalue weighted by Crippen LogP contribution is 2.29. The first-order valence-corrected chi connectivity index (χ1v) is 11.3. The number of aromatic nitrogens is 2. The summed E-state index contributed by atoms with van der Waals surface area (Å²) >= 11 is 0. The molecule has 0 spiro atoms. The molecule has 1 aromatic carbocycles. The van der Waals surface area contributed by atoms with Crippen LogP contribution in [0, 0.1) is 13.8 Å². The standard InChI is InChI=1S/C20H26N4O3S/c1-15-20(28(26,27)22-11-5-6-12-22)16(2)24(21-15)14-10-19(25)23-13-9-17-7-3-4-8-18(17)23/h3-4,7-8H,5-6,9-14H2,1-2H3. The fourth-order valence-electron chi connectivity index (χ4n) is 4.26. The Morgan fingerprint density at radius 3 is 2.57 bits per heavy atom. The maximum atomic E-state index is 13.0. The average Bonchev–Trinajstić information content (AvgIpc) is 3.39. The number of aryl methyl sites for hydroxylation is 2. The predicted molar refractivity (Wildman–Crippen MR) is 107 cm³/mol. The Kier molecular flexibility index (Phi) is 5.01. The molecule has 2 aliphatic heterocycles. The van der Waals surface area contributed by atoms with Crippen LogP contribution < -0.4 is 4.90 Å². The number of nitrogens with zero attached hydrogens (tertiary/aromatic N) is 4. The molecule has 0 N–H and O–H groups in total. The highest BCUT2D eigenvalue weighted by molar-refractivity contribution is 7.89. The number of benzene rings is 1. The Morgan fingerprint density at radius 1 is 1.11 bits per heavy atom. The molecule has 1 aromatic heterocycles. The van der Waals surface area contributed by atoms with Gasteiger partial charge in [-0.05, 0) is 44.7 Å². The molecule has 150 valence electrons. The van der Waals surface area contributed by atoms with Crippen LogP contribution in [0.4, 0.5) is 5.69 Å². The molecule has 0 radical (unpaired) electrons. The summed E-state index contributed by atoms with van der Waals surface area (Å²) in [5, 5.41) is 4.43. The maximum absolute atomic E-state index is 13.0. The molecule has 0 bridgehead atoms. The monoisotopic (exact) mass is 402 g/mol. The SMILES string of the molecule is Cc1nn(CCC(=O)N2CCc3ccccc32)c(C)c1S(=O)(=O)N1CCCC1. The Hall–Kier alpha value is -2.19. The number of carbonyl (C=O) groups excluding carboxylic acids is 1. The van der Waals surface area contributed by atoms with Crippen LogP contribution >= 0.6 is 0 Å². The van der Waals surface area contributed by atoms with Crippen LogP contribution in [0.3, 0.4) is 0 Å². The third-order valence-corrected chi connectivity index (χ3v) is 7.86. The van der Waals surface area contributed by atoms with Crippen molar-refractivity contribution >= 4 is 21.6 Å². The Bertz CT molecular complexity index is 1010. The number of amides is 1. The minimum atomic E-state index is -3.52. The molecule has 8 heteroatoms. The highest BCUT2D eigenvalue weighted by Gasteiger charge is 2.33. The van der Waals surface area contributed by atoms with Gasteiger partial charge in [0.2, 0.25) is 15.9 Å². The van der Waals surface area contributed by atoms with E-state index in [1.54, 1.807) is 22.8 Å². The second-order valence-electron chi connectivity index (χ2n) is 7.51. The van der Waals surface area contributed by atoms with Gasteiger partial charge in [0.1, 0.15) is 4.90 Å². The number of rotatable bonds is 5. The van der Waals surface area contributed by atoms with Gasteiger partial charge in [-0.25, -0.2) is 8.42 Å². The minimum Gasteiger partial charge on any atom is -0.312 e. The lowest BCUT2D eigenvalue weighted by molar-refractivity contribution is -0.118. The zero-order valence-corrected chi connectivity index (χ0v) is 17.2. The summed E-state index contributed by atoms with van der Waals surface area (Å²) < 4.78 is 29.2. The van der Waals surface area contributed by atoms with E-state index < -0.39 is 10.0 Å². The third kappa shape index (κ3) is 3.24. The minimum absolute atomic E-state index is 0.0430. The largest absolute Gasteiger partial charge is 0.312 e. The molecule has 28 heavy (non-hydrogen) atoms. The van der Waals surface area contributed by atoms with Gasteiger partial charge in [0.15, 0.2) is 0 Å². The van der Waals surface area contributed by atoms with E-state index in [4.69, 9.17) is 0 Å². The average molecular weight is 403 g/mol. The van der Waals surface area contributed by atoms with Crippen LogP contribution in [0.15, 0.2) is 29.2 Å². The van der Waals surface area contributed by atoms with Gasteiger partial charge in [-0.15, -0.1) is 0 Å². The van der Waals surface area contributed by atoms with Gasteiger partial charge >= 0.3 is 0 Å². The van der Waals surface area contributed by atoms with Gasteiger partial charge in [0.25, 0.3) is 0 Å². The first-order chi connectivity index (χ1) is 13.4. The lowest BCUT2D eigenvalue weighted by Crippen LogP contribution is -2.30. The van der Waals surface area contributed by atoms with E-state index in [1.165, 1.54) is 5.56 Å². The lowest BCUT2D eigenvalue weighted by atomic mass is 10.2. The number of sulfonamides is 1. The number of hydrogen-bond donors (Lipinski definition) is 0. The molecule has 2 aromatic rings. The van der Waals surface area contributed by atoms with Crippen molar-refractivity contribution in [2.75, 3.05) is 24.5 Å². The lowest BCUT2D eigenvalue weighted by Gasteiger charge is -2.18. The van der Waals surface area contributed by atoms with E-state index in [2.05, 4.69) is 11.2 Å². The molecule has 7 nitrogen and oxygen atoms in total. The van der Waals surface area contributed by atoms with E-state index in [0.29, 0.717) is 48.9 Å². The predicted octanol–water partition coefficient (Wildman–Crippen LogP) is 2.26. The van der Waals surface area contributed by atoms with E-state index in [1.807, 2.05) is 23.1 Å². The van der Waals surface area contributed by atoms with Crippen LogP contribution in [0.25, 0.3) is 0 Å². The molecule has 1 fully saturated rings. The number of para-hydroxylation sites is 1. The van der Waals surface area contributed by atoms with Gasteiger partial charge < -0.3 is 4.90 Å². The van der Waals surface area contributed by atoms with Crippen molar-refractivity contribution in [1.82, 2.24) is 14.1 Å². The summed E-state index contributed by atoms with van der Waals surface area (Å²) in [4.78, 5) is 14.9. The summed E-state index contributed by atoms with van der Waals surface area (Å²) in [6.07, 6.45) is 2.97. The number of hydrogen-bond acceptors (Lipinski definition) is 4. The molecule has 0 unspecified atom stereocenters. The van der Waals surface area contributed by atoms with Crippen LogP contribution in [0.1, 0.15) is 36.2 Å². The zero-order chi connectivity index (χ0) is 19.9. The smallest absolute Gasteiger partial charge is 0.246 e. The Balaban J connectivity index is 1.50. The van der Waals surface area contributed by atoms with Gasteiger partial charge in [-0.3, -0.25) is 9.48 Å². The molecule has 2 aliphatic rings. The van der Waals surface area contributed by atoms with Crippen molar-refractivity contribution in [3.63, 3.8) is 0 Å². The number of anilines is 1. The van der Waals surface area contributed by atoms with Crippen molar-refractivity contribution in [3.8, 4) is 0 Å². The van der Waals surface area contributed by atoms with E-state index in [0.717, 1.165) is 24.9 Å². The fourth-order valence-corrected chi connectivity index (χ4v) is 6.15. The first kappa shape index (κ1) is 19.1. The normalized spacial score (nSPS) is 17.3. The Labute approximate surface area is 166 Å². The molecule has 3 heterocycles. The van der Waals surface area contributed by atoms with Crippen molar-refractivity contribution in [2.24, 2.45) is 0 Å². The second-order valence-corrected chi connectivity index (χ2v) is 9.38. The zero-order valence-electron chi connectivity index (χ0n) is 16.4. The summed E-state index contributed by atoms with van der Waals surface area (Å²) in [7, 11) is -3.52. The van der Waals surface area contributed by atoms with E-state index in [-0.39, 0.29) is 5.91 Å². The summed E-state index contributed by atoms with van der Waals surface area (Å²) in [5.74, 6) is 0.0430. The van der Waals surface area contributed by atoms with Gasteiger partial charge in [0.05, 0.1) is 17.9 Å². The molecular weight excluding hydrogens is 376 g/mol. The van der Waals surface area contributed by atoms with Crippen molar-refractivity contribution in [3.05, 3.63) is 41.2 Å². The Morgan fingerprint density at radius 2 is 1.82 bits per heavy atom. The van der Waals surface area contributed by atoms with Crippen molar-refractivity contribution in [2.45, 2.75) is 51.0 Å². The molecular formula is C20H26N4O3S. The number of fused-ring (bicyclic) bond motifs is 1. The second kappa shape index (κ2) is 7.33. The third-order valence-electron chi connectivity index (χ3n) is 5.70. The summed E-state index contributed by atoms with van der Waals surface area (Å²) in [6, 6.07) is 7.97. The van der Waals surface area contributed by atoms with E-state index in [9.17, 15) is 13.2 Å². The molecule has 4 rings (SSSR count). The molecule has 1 saturated heterocycles. The van der Waals surface area contributed by atoms with Crippen LogP contribution in [-0.4, -0.2) is 48.0 Å². The highest BCUT2D eigenvalue weighted by atomic mass is 32.2. The van der Waals surface area contributed by atoms with Crippen molar-refractivity contribution < 1.29 is 13.2 Å². The topological polar surface area (TPSA) is 75.5 Å². The van der Waals surface area contributed by atoms with Crippen LogP contribution in [-0.2, 0) is 27.8 Å². The maximum Gasteiger partial charge on any atom is 0.246 e. The van der Waals surface area contributed by atoms with Gasteiger partial charge in [-0.1, -0.05) is 18.2 Å². The molecule has 0 aliphatic carbocycles. The quantitative estimate of drug-likeness (QED) is 0.769. The number of carbonyl (C=O) groups is 1. The van der Waals surface area contributed by atoms with Gasteiger partial charge in [-0.2, -0.15) is 9.40 Å². The molecule has 0 atom stereocenters. The first-order valence-electron chi connectivity index (χ1n) is 9.82. The van der Waals surface area contributed by atoms with Crippen LogP contribution in [0.2, 0.25) is 0 Å². The molecule has 0 saturated carbocycles.